The second-order valence-corrected chi connectivity index (χ2v) is 12.4. The van der Waals surface area contributed by atoms with Crippen LogP contribution < -0.4 is 37.7 Å². The number of aromatic hydroxyl groups is 1. The molecule has 17 nitrogen and oxygen atoms in total. The molecule has 0 saturated heterocycles. The summed E-state index contributed by atoms with van der Waals surface area (Å²) in [6, 6.07) is 14.6. The maximum Gasteiger partial charge on any atom is 0.524 e. The number of rotatable bonds is 16. The highest BCUT2D eigenvalue weighted by Gasteiger charge is 2.39. The van der Waals surface area contributed by atoms with Crippen molar-refractivity contribution in [1.29, 1.82) is 0 Å². The number of anilines is 1. The standard InChI is InChI=1S/C31H37N6O11P/c1-31(16-19-5-9-22(38)10-6-19,29(42)35-24(27(34)40)15-26(33)39)37-28(41)25(14-18-7-11-23(12-8-18)48-49(44,45)46)36-30(43)47-17-20-3-2-4-21(32)13-20/h2-13,24-25,38H,14-17,32H2,1H3,(H2,33,39)(H2,34,40)(H,35,42)(H,36,43)(H,37,41)(H2,44,45,46). The number of ether oxygens (including phenoxy) is 1. The summed E-state index contributed by atoms with van der Waals surface area (Å²) in [5, 5.41) is 17.1. The molecule has 5 amide bonds. The van der Waals surface area contributed by atoms with Gasteiger partial charge in [0.1, 0.15) is 35.7 Å². The van der Waals surface area contributed by atoms with Crippen LogP contribution in [0.1, 0.15) is 30.0 Å². The minimum Gasteiger partial charge on any atom is -0.508 e. The average Bonchev–Trinajstić information content (AvgIpc) is 3.00. The van der Waals surface area contributed by atoms with Crippen molar-refractivity contribution in [3.63, 3.8) is 0 Å². The lowest BCUT2D eigenvalue weighted by Crippen LogP contribution is -2.64. The number of carbonyl (C=O) groups is 5. The van der Waals surface area contributed by atoms with Gasteiger partial charge in [0.2, 0.25) is 23.6 Å². The Balaban J connectivity index is 1.92. The predicted molar refractivity (Wildman–Crippen MR) is 174 cm³/mol. The molecule has 0 aliphatic carbocycles. The number of primary amides is 2. The summed E-state index contributed by atoms with van der Waals surface area (Å²) in [4.78, 5) is 82.2. The number of phosphoric ester groups is 1. The van der Waals surface area contributed by atoms with Crippen LogP contribution in [0.15, 0.2) is 72.8 Å². The highest BCUT2D eigenvalue weighted by molar-refractivity contribution is 7.46. The number of hydrogen-bond donors (Lipinski definition) is 9. The fourth-order valence-electron chi connectivity index (χ4n) is 4.59. The second kappa shape index (κ2) is 16.5. The summed E-state index contributed by atoms with van der Waals surface area (Å²) >= 11 is 0. The maximum atomic E-state index is 13.9. The zero-order chi connectivity index (χ0) is 36.4. The van der Waals surface area contributed by atoms with Crippen molar-refractivity contribution >= 4 is 43.2 Å². The Morgan fingerprint density at radius 2 is 1.51 bits per heavy atom. The maximum absolute atomic E-state index is 13.9. The van der Waals surface area contributed by atoms with Crippen LogP contribution in [0.5, 0.6) is 11.5 Å². The zero-order valence-corrected chi connectivity index (χ0v) is 27.1. The molecule has 0 heterocycles. The summed E-state index contributed by atoms with van der Waals surface area (Å²) in [6.45, 7) is 1.13. The number of phenols is 1. The number of nitrogens with one attached hydrogen (secondary N) is 3. The lowest BCUT2D eigenvalue weighted by atomic mass is 9.90. The first-order chi connectivity index (χ1) is 22.9. The molecule has 0 bridgehead atoms. The topological polar surface area (TPSA) is 296 Å². The number of phosphoric acid groups is 1. The molecule has 3 atom stereocenters. The molecule has 0 spiro atoms. The normalized spacial score (nSPS) is 13.5. The van der Waals surface area contributed by atoms with E-state index in [2.05, 4.69) is 20.5 Å². The fraction of sp³-hybridized carbons (Fsp3) is 0.258. The van der Waals surface area contributed by atoms with E-state index in [0.717, 1.165) is 0 Å². The van der Waals surface area contributed by atoms with Crippen LogP contribution in [0.25, 0.3) is 0 Å². The monoisotopic (exact) mass is 700 g/mol. The Kier molecular flexibility index (Phi) is 12.7. The van der Waals surface area contributed by atoms with Gasteiger partial charge in [-0.05, 0) is 60.0 Å². The van der Waals surface area contributed by atoms with Crippen molar-refractivity contribution < 1.29 is 52.7 Å². The molecule has 12 N–H and O–H groups in total. The van der Waals surface area contributed by atoms with E-state index < -0.39 is 61.6 Å². The summed E-state index contributed by atoms with van der Waals surface area (Å²) in [5.74, 6) is -4.02. The van der Waals surface area contributed by atoms with Crippen LogP contribution in [0.2, 0.25) is 0 Å². The molecule has 0 saturated carbocycles. The van der Waals surface area contributed by atoms with Gasteiger partial charge < -0.3 is 47.5 Å². The molecule has 3 rings (SSSR count). The van der Waals surface area contributed by atoms with Crippen molar-refractivity contribution in [3.8, 4) is 11.5 Å². The number of amides is 5. The van der Waals surface area contributed by atoms with E-state index in [4.69, 9.17) is 31.7 Å². The van der Waals surface area contributed by atoms with Gasteiger partial charge in [0, 0.05) is 18.5 Å². The molecule has 49 heavy (non-hydrogen) atoms. The second-order valence-electron chi connectivity index (χ2n) is 11.2. The number of nitrogen functional groups attached to an aromatic ring is 1. The number of carbonyl (C=O) groups excluding carboxylic acids is 5. The first kappa shape index (κ1) is 37.8. The molecule has 0 aliphatic rings. The minimum absolute atomic E-state index is 0.0626. The highest BCUT2D eigenvalue weighted by Crippen LogP contribution is 2.37. The lowest BCUT2D eigenvalue weighted by Gasteiger charge is -2.33. The van der Waals surface area contributed by atoms with Gasteiger partial charge in [0.25, 0.3) is 0 Å². The molecule has 18 heteroatoms. The van der Waals surface area contributed by atoms with Gasteiger partial charge in [0.05, 0.1) is 6.42 Å². The van der Waals surface area contributed by atoms with Crippen LogP contribution in [0, 0.1) is 0 Å². The Hall–Kier alpha value is -5.64. The molecule has 0 radical (unpaired) electrons. The van der Waals surface area contributed by atoms with E-state index in [9.17, 15) is 33.6 Å². The first-order valence-electron chi connectivity index (χ1n) is 14.5. The summed E-state index contributed by atoms with van der Waals surface area (Å²) in [6.07, 6.45) is -2.04. The van der Waals surface area contributed by atoms with Gasteiger partial charge in [0.15, 0.2) is 0 Å². The number of alkyl carbamates (subject to hydrolysis) is 1. The number of hydrogen-bond acceptors (Lipinski definition) is 10. The molecular weight excluding hydrogens is 663 g/mol. The van der Waals surface area contributed by atoms with Gasteiger partial charge >= 0.3 is 13.9 Å². The van der Waals surface area contributed by atoms with Crippen LogP contribution in [0.4, 0.5) is 10.5 Å². The van der Waals surface area contributed by atoms with E-state index in [1.165, 1.54) is 55.5 Å². The van der Waals surface area contributed by atoms with Crippen LogP contribution in [0.3, 0.4) is 0 Å². The minimum atomic E-state index is -4.84. The van der Waals surface area contributed by atoms with Gasteiger partial charge in [-0.3, -0.25) is 29.0 Å². The Morgan fingerprint density at radius 1 is 0.878 bits per heavy atom. The van der Waals surface area contributed by atoms with Crippen LogP contribution in [-0.2, 0) is 47.9 Å². The molecule has 0 aromatic heterocycles. The smallest absolute Gasteiger partial charge is 0.508 e. The molecule has 0 fully saturated rings. The van der Waals surface area contributed by atoms with Crippen molar-refractivity contribution in [2.45, 2.75) is 50.4 Å². The van der Waals surface area contributed by atoms with Crippen molar-refractivity contribution in [2.75, 3.05) is 5.73 Å². The van der Waals surface area contributed by atoms with Crippen molar-refractivity contribution in [3.05, 3.63) is 89.5 Å². The third-order valence-electron chi connectivity index (χ3n) is 6.97. The first-order valence-corrected chi connectivity index (χ1v) is 16.1. The Bertz CT molecular complexity index is 1720. The molecule has 3 aromatic rings. The summed E-state index contributed by atoms with van der Waals surface area (Å²) < 4.78 is 21.0. The lowest BCUT2D eigenvalue weighted by molar-refractivity contribution is -0.136. The third kappa shape index (κ3) is 12.5. The van der Waals surface area contributed by atoms with E-state index in [1.807, 2.05) is 0 Å². The van der Waals surface area contributed by atoms with E-state index >= 15 is 0 Å². The molecule has 3 aromatic carbocycles. The largest absolute Gasteiger partial charge is 0.524 e. The number of benzene rings is 3. The predicted octanol–water partition coefficient (Wildman–Crippen LogP) is 0.247. The zero-order valence-electron chi connectivity index (χ0n) is 26.2. The van der Waals surface area contributed by atoms with Gasteiger partial charge in [-0.1, -0.05) is 36.4 Å². The average molecular weight is 701 g/mol. The van der Waals surface area contributed by atoms with E-state index in [0.29, 0.717) is 22.4 Å². The van der Waals surface area contributed by atoms with Gasteiger partial charge in [-0.25, -0.2) is 9.36 Å². The van der Waals surface area contributed by atoms with Gasteiger partial charge in [-0.2, -0.15) is 0 Å². The van der Waals surface area contributed by atoms with Crippen molar-refractivity contribution in [1.82, 2.24) is 16.0 Å². The Labute approximate surface area is 280 Å². The van der Waals surface area contributed by atoms with Crippen LogP contribution in [-0.4, -0.2) is 62.2 Å². The summed E-state index contributed by atoms with van der Waals surface area (Å²) in [5.41, 5.74) is 16.4. The number of nitrogens with two attached hydrogens (primary N) is 3. The number of phenolic OH excluding ortho intramolecular Hbond substituents is 1. The quantitative estimate of drug-likeness (QED) is 0.0718. The fourth-order valence-corrected chi connectivity index (χ4v) is 4.98. The molecular formula is C31H37N6O11P. The SMILES string of the molecule is CC(Cc1ccc(O)cc1)(NC(=O)C(Cc1ccc(OP(=O)(O)O)cc1)NC(=O)OCc1cccc(N)c1)C(=O)NC(CC(N)=O)C(N)=O. The van der Waals surface area contributed by atoms with Gasteiger partial charge in [-0.15, -0.1) is 0 Å². The van der Waals surface area contributed by atoms with E-state index in [1.54, 1.807) is 24.3 Å². The highest BCUT2D eigenvalue weighted by atomic mass is 31.2. The molecule has 262 valence electrons. The third-order valence-corrected chi connectivity index (χ3v) is 7.41. The summed E-state index contributed by atoms with van der Waals surface area (Å²) in [7, 11) is -4.84. The molecule has 0 aliphatic heterocycles. The van der Waals surface area contributed by atoms with Crippen molar-refractivity contribution in [2.24, 2.45) is 11.5 Å². The van der Waals surface area contributed by atoms with Crippen LogP contribution >= 0.6 is 7.82 Å². The van der Waals surface area contributed by atoms with E-state index in [-0.39, 0.29) is 30.9 Å². The Morgan fingerprint density at radius 3 is 2.08 bits per heavy atom. The molecule has 3 unspecified atom stereocenters.